The second-order valence-electron chi connectivity index (χ2n) is 14.2. The second-order valence-corrected chi connectivity index (χ2v) is 14.2. The number of likely N-dealkylation sites (tertiary alicyclic amines) is 1. The molecule has 1 aromatic heterocycles. The number of fused-ring (bicyclic) bond motifs is 4. The normalized spacial score (nSPS) is 49.6. The summed E-state index contributed by atoms with van der Waals surface area (Å²) in [5, 5.41) is 25.2. The zero-order chi connectivity index (χ0) is 26.4. The predicted molar refractivity (Wildman–Crippen MR) is 149 cm³/mol. The Morgan fingerprint density at radius 3 is 2.87 bits per heavy atom. The van der Waals surface area contributed by atoms with E-state index in [1.165, 1.54) is 34.8 Å². The lowest BCUT2D eigenvalue weighted by atomic mass is 9.55. The van der Waals surface area contributed by atoms with E-state index >= 15 is 0 Å². The van der Waals surface area contributed by atoms with Crippen molar-refractivity contribution in [1.82, 2.24) is 9.88 Å². The Bertz CT molecular complexity index is 1470. The third kappa shape index (κ3) is 2.73. The molecule has 2 saturated heterocycles. The summed E-state index contributed by atoms with van der Waals surface area (Å²) in [5.41, 5.74) is 9.45. The highest BCUT2D eigenvalue weighted by Gasteiger charge is 2.78. The Hall–Kier alpha value is -2.09. The van der Waals surface area contributed by atoms with Crippen molar-refractivity contribution in [3.05, 3.63) is 65.5 Å². The van der Waals surface area contributed by atoms with Crippen molar-refractivity contribution in [2.24, 2.45) is 23.0 Å². The fourth-order valence-electron chi connectivity index (χ4n) is 10.8. The molecule has 2 bridgehead atoms. The molecule has 7 aliphatic rings. The average Bonchev–Trinajstić information content (AvgIpc) is 3.24. The van der Waals surface area contributed by atoms with Crippen LogP contribution in [0.5, 0.6) is 0 Å². The van der Waals surface area contributed by atoms with Crippen LogP contribution in [0.1, 0.15) is 57.4 Å². The number of rotatable bonds is 2. The first-order chi connectivity index (χ1) is 18.8. The SMILES string of the molecule is C[C@]12CC=C3C=C4[C@@H](O)[C@@H](O)[C@@H](N5CC[C@@H](N)C5)C[C@]45CCC3(O5)[C@@H]1C[C@H]1C[C@]12c1ccc2ccncc2c1. The third-order valence-electron chi connectivity index (χ3n) is 12.8. The van der Waals surface area contributed by atoms with Crippen LogP contribution in [0.15, 0.2) is 60.0 Å². The van der Waals surface area contributed by atoms with Crippen molar-refractivity contribution in [1.29, 1.82) is 0 Å². The molecule has 4 N–H and O–H groups in total. The fraction of sp³-hybridized carbons (Fsp3) is 0.606. The van der Waals surface area contributed by atoms with Crippen molar-refractivity contribution in [3.63, 3.8) is 0 Å². The number of aromatic nitrogens is 1. The van der Waals surface area contributed by atoms with Gasteiger partial charge in [0.1, 0.15) is 6.10 Å². The van der Waals surface area contributed by atoms with E-state index in [4.69, 9.17) is 10.5 Å². The molecule has 6 heteroatoms. The molecule has 5 fully saturated rings. The summed E-state index contributed by atoms with van der Waals surface area (Å²) >= 11 is 0. The highest BCUT2D eigenvalue weighted by Crippen LogP contribution is 2.80. The largest absolute Gasteiger partial charge is 0.388 e. The monoisotopic (exact) mass is 525 g/mol. The van der Waals surface area contributed by atoms with E-state index in [9.17, 15) is 10.2 Å². The molecule has 0 radical (unpaired) electrons. The van der Waals surface area contributed by atoms with Crippen LogP contribution < -0.4 is 5.73 Å². The van der Waals surface area contributed by atoms with Crippen molar-refractivity contribution >= 4 is 10.8 Å². The maximum atomic E-state index is 11.4. The number of aliphatic hydroxyl groups is 2. The van der Waals surface area contributed by atoms with Crippen LogP contribution in [-0.2, 0) is 10.2 Å². The number of pyridine rings is 1. The molecule has 0 amide bonds. The fourth-order valence-corrected chi connectivity index (χ4v) is 10.8. The quantitative estimate of drug-likeness (QED) is 0.555. The van der Waals surface area contributed by atoms with Crippen molar-refractivity contribution in [2.75, 3.05) is 13.1 Å². The number of nitrogens with two attached hydrogens (primary N) is 1. The van der Waals surface area contributed by atoms with Crippen LogP contribution in [0.3, 0.4) is 0 Å². The van der Waals surface area contributed by atoms with Crippen LogP contribution in [0.25, 0.3) is 10.8 Å². The minimum Gasteiger partial charge on any atom is -0.388 e. The highest BCUT2D eigenvalue weighted by atomic mass is 16.5. The van der Waals surface area contributed by atoms with Gasteiger partial charge in [-0.2, -0.15) is 0 Å². The van der Waals surface area contributed by atoms with Crippen molar-refractivity contribution in [3.8, 4) is 0 Å². The second kappa shape index (κ2) is 7.40. The number of nitrogens with zero attached hydrogens (tertiary/aromatic N) is 2. The van der Waals surface area contributed by atoms with E-state index in [-0.39, 0.29) is 28.5 Å². The summed E-state index contributed by atoms with van der Waals surface area (Å²) in [6.07, 6.45) is 14.0. The van der Waals surface area contributed by atoms with Gasteiger partial charge in [0.15, 0.2) is 0 Å². The lowest BCUT2D eigenvalue weighted by Gasteiger charge is -2.57. The number of benzene rings is 1. The summed E-state index contributed by atoms with van der Waals surface area (Å²) in [6.45, 7) is 4.21. The van der Waals surface area contributed by atoms with Gasteiger partial charge in [-0.25, -0.2) is 0 Å². The molecule has 204 valence electrons. The standard InChI is InChI=1S/C33H39N3O3/c1-30-7-4-22-13-25-28(37)29(38)26(36-11-6-24(34)18-36)16-31(25)8-9-33(22,39-31)27(30)14-23-15-32(23,30)21-3-2-19-5-10-35-17-20(19)12-21/h2-5,10,12-13,17,23-24,26-29,37-38H,6-9,11,14-16,18,34H2,1H3/t23-,24+,26-,27+,28+,29-,30-,31+,32-,33?/m0/s1. The first kappa shape index (κ1) is 23.6. The average molecular weight is 526 g/mol. The molecular formula is C33H39N3O3. The summed E-state index contributed by atoms with van der Waals surface area (Å²) in [7, 11) is 0. The Balaban J connectivity index is 1.11. The smallest absolute Gasteiger partial charge is 0.105 e. The lowest BCUT2D eigenvalue weighted by molar-refractivity contribution is -0.170. The van der Waals surface area contributed by atoms with Gasteiger partial charge in [-0.3, -0.25) is 9.88 Å². The highest BCUT2D eigenvalue weighted by molar-refractivity contribution is 5.82. The first-order valence-electron chi connectivity index (χ1n) is 15.1. The zero-order valence-corrected chi connectivity index (χ0v) is 22.7. The van der Waals surface area contributed by atoms with Crippen LogP contribution in [0.4, 0.5) is 0 Å². The molecule has 1 unspecified atom stereocenters. The van der Waals surface area contributed by atoms with Crippen molar-refractivity contribution < 1.29 is 14.9 Å². The molecule has 1 aromatic carbocycles. The van der Waals surface area contributed by atoms with Gasteiger partial charge in [0, 0.05) is 48.4 Å². The number of allylic oxidation sites excluding steroid dienone is 1. The summed E-state index contributed by atoms with van der Waals surface area (Å²) in [4.78, 5) is 6.71. The van der Waals surface area contributed by atoms with Gasteiger partial charge < -0.3 is 20.7 Å². The lowest BCUT2D eigenvalue weighted by Crippen LogP contribution is -2.63. The Morgan fingerprint density at radius 1 is 1.13 bits per heavy atom. The molecular weight excluding hydrogens is 486 g/mol. The van der Waals surface area contributed by atoms with Crippen molar-refractivity contribution in [2.45, 2.75) is 92.8 Å². The van der Waals surface area contributed by atoms with Gasteiger partial charge in [-0.05, 0) is 96.4 Å². The summed E-state index contributed by atoms with van der Waals surface area (Å²) < 4.78 is 7.44. The molecule has 10 atom stereocenters. The van der Waals surface area contributed by atoms with Gasteiger partial charge in [-0.15, -0.1) is 0 Å². The number of aliphatic hydroxyl groups excluding tert-OH is 2. The van der Waals surface area contributed by atoms with Gasteiger partial charge in [0.25, 0.3) is 0 Å². The summed E-state index contributed by atoms with van der Waals surface area (Å²) in [5.74, 6) is 1.14. The minimum atomic E-state index is -0.889. The summed E-state index contributed by atoms with van der Waals surface area (Å²) in [6, 6.07) is 9.21. The van der Waals surface area contributed by atoms with E-state index in [0.717, 1.165) is 50.8 Å². The molecule has 3 aliphatic heterocycles. The molecule has 4 aliphatic carbocycles. The molecule has 3 saturated carbocycles. The van der Waals surface area contributed by atoms with Crippen LogP contribution in [0, 0.1) is 17.3 Å². The number of hydrogen-bond donors (Lipinski definition) is 3. The van der Waals surface area contributed by atoms with Gasteiger partial charge in [-0.1, -0.05) is 31.2 Å². The van der Waals surface area contributed by atoms with E-state index in [2.05, 4.69) is 53.2 Å². The molecule has 2 spiro atoms. The van der Waals surface area contributed by atoms with E-state index < -0.39 is 17.8 Å². The van der Waals surface area contributed by atoms with Crippen LogP contribution in [0.2, 0.25) is 0 Å². The van der Waals surface area contributed by atoms with Gasteiger partial charge in [0.05, 0.1) is 17.3 Å². The topological polar surface area (TPSA) is 91.8 Å². The van der Waals surface area contributed by atoms with Gasteiger partial charge in [0.2, 0.25) is 0 Å². The van der Waals surface area contributed by atoms with E-state index in [1.807, 2.05) is 12.4 Å². The molecule has 4 heterocycles. The van der Waals surface area contributed by atoms with Crippen LogP contribution in [-0.4, -0.2) is 68.7 Å². The molecule has 2 aromatic rings. The molecule has 39 heavy (non-hydrogen) atoms. The Morgan fingerprint density at radius 2 is 2.03 bits per heavy atom. The molecule has 6 nitrogen and oxygen atoms in total. The number of hydrogen-bond acceptors (Lipinski definition) is 6. The minimum absolute atomic E-state index is 0.115. The molecule has 9 rings (SSSR count). The Kier molecular flexibility index (Phi) is 4.48. The number of ether oxygens (including phenoxy) is 1. The zero-order valence-electron chi connectivity index (χ0n) is 22.7. The maximum Gasteiger partial charge on any atom is 0.105 e. The maximum absolute atomic E-state index is 11.4. The predicted octanol–water partition coefficient (Wildman–Crippen LogP) is 3.60. The Labute approximate surface area is 229 Å². The van der Waals surface area contributed by atoms with E-state index in [0.29, 0.717) is 11.8 Å². The van der Waals surface area contributed by atoms with Crippen LogP contribution >= 0.6 is 0 Å². The van der Waals surface area contributed by atoms with Gasteiger partial charge >= 0.3 is 0 Å². The first-order valence-corrected chi connectivity index (χ1v) is 15.1. The van der Waals surface area contributed by atoms with E-state index in [1.54, 1.807) is 0 Å². The third-order valence-corrected chi connectivity index (χ3v) is 12.8.